The highest BCUT2D eigenvalue weighted by molar-refractivity contribution is 9.10. The van der Waals surface area contributed by atoms with Crippen LogP contribution in [0.5, 0.6) is 0 Å². The normalized spacial score (nSPS) is 11.4. The lowest BCUT2D eigenvalue weighted by atomic mass is 10.1. The Morgan fingerprint density at radius 2 is 2.00 bits per heavy atom. The average molecular weight is 329 g/mol. The van der Waals surface area contributed by atoms with Crippen molar-refractivity contribution in [3.63, 3.8) is 0 Å². The van der Waals surface area contributed by atoms with E-state index in [0.29, 0.717) is 11.1 Å². The Bertz CT molecular complexity index is 676. The van der Waals surface area contributed by atoms with E-state index in [9.17, 15) is 4.79 Å². The molecule has 0 unspecified atom stereocenters. The third kappa shape index (κ3) is 3.46. The van der Waals surface area contributed by atoms with E-state index in [-0.39, 0.29) is 11.9 Å². The lowest BCUT2D eigenvalue weighted by Gasteiger charge is -2.14. The van der Waals surface area contributed by atoms with Gasteiger partial charge in [0.05, 0.1) is 17.7 Å². The van der Waals surface area contributed by atoms with Crippen LogP contribution in [-0.2, 0) is 0 Å². The third-order valence-corrected chi connectivity index (χ3v) is 3.44. The molecule has 0 aromatic heterocycles. The summed E-state index contributed by atoms with van der Waals surface area (Å²) in [4.78, 5) is 12.1. The number of rotatable bonds is 3. The summed E-state index contributed by atoms with van der Waals surface area (Å²) < 4.78 is 0.975. The summed E-state index contributed by atoms with van der Waals surface area (Å²) in [5.74, 6) is -0.186. The fourth-order valence-corrected chi connectivity index (χ4v) is 2.29. The molecule has 2 aromatic rings. The smallest absolute Gasteiger partial charge is 0.251 e. The number of benzene rings is 2. The fourth-order valence-electron chi connectivity index (χ4n) is 1.87. The Labute approximate surface area is 126 Å². The molecule has 0 saturated heterocycles. The average Bonchev–Trinajstić information content (AvgIpc) is 2.47. The predicted molar refractivity (Wildman–Crippen MR) is 81.2 cm³/mol. The second-order valence-electron chi connectivity index (χ2n) is 4.44. The van der Waals surface area contributed by atoms with Crippen LogP contribution in [0.25, 0.3) is 0 Å². The molecule has 2 aromatic carbocycles. The Kier molecular flexibility index (Phi) is 4.54. The van der Waals surface area contributed by atoms with Crippen molar-refractivity contribution >= 4 is 21.8 Å². The largest absolute Gasteiger partial charge is 0.346 e. The molecule has 2 rings (SSSR count). The molecule has 3 nitrogen and oxygen atoms in total. The minimum atomic E-state index is -0.186. The first-order chi connectivity index (χ1) is 9.60. The van der Waals surface area contributed by atoms with E-state index in [4.69, 9.17) is 5.26 Å². The first-order valence-electron chi connectivity index (χ1n) is 6.16. The minimum absolute atomic E-state index is 0.106. The molecule has 1 N–H and O–H groups in total. The quantitative estimate of drug-likeness (QED) is 0.931. The zero-order chi connectivity index (χ0) is 14.5. The number of nitrogens with one attached hydrogen (secondary N) is 1. The molecule has 0 radical (unpaired) electrons. The molecule has 4 heteroatoms. The topological polar surface area (TPSA) is 52.9 Å². The highest BCUT2D eigenvalue weighted by Crippen LogP contribution is 2.18. The van der Waals surface area contributed by atoms with Gasteiger partial charge < -0.3 is 5.32 Å². The van der Waals surface area contributed by atoms with Gasteiger partial charge in [-0.2, -0.15) is 5.26 Å². The van der Waals surface area contributed by atoms with Gasteiger partial charge in [-0.05, 0) is 42.8 Å². The maximum atomic E-state index is 12.1. The van der Waals surface area contributed by atoms with E-state index in [1.54, 1.807) is 24.3 Å². The zero-order valence-corrected chi connectivity index (χ0v) is 12.5. The molecule has 0 saturated carbocycles. The van der Waals surface area contributed by atoms with Crippen LogP contribution in [0.2, 0.25) is 0 Å². The van der Waals surface area contributed by atoms with Crippen LogP contribution in [0.15, 0.2) is 53.0 Å². The summed E-state index contributed by atoms with van der Waals surface area (Å²) in [7, 11) is 0. The highest BCUT2D eigenvalue weighted by atomic mass is 79.9. The van der Waals surface area contributed by atoms with Gasteiger partial charge in [-0.3, -0.25) is 4.79 Å². The molecule has 0 heterocycles. The Hall–Kier alpha value is -2.12. The van der Waals surface area contributed by atoms with Gasteiger partial charge in [0.1, 0.15) is 0 Å². The SMILES string of the molecule is C[C@@H](NC(=O)c1cccc(C#N)c1)c1cccc(Br)c1. The standard InChI is InChI=1S/C16H13BrN2O/c1-11(13-5-3-7-15(17)9-13)19-16(20)14-6-2-4-12(8-14)10-18/h2-9,11H,1H3,(H,19,20)/t11-/m1/s1. The molecule has 1 atom stereocenters. The number of hydrogen-bond acceptors (Lipinski definition) is 2. The lowest BCUT2D eigenvalue weighted by Crippen LogP contribution is -2.26. The van der Waals surface area contributed by atoms with Crippen molar-refractivity contribution in [1.29, 1.82) is 5.26 Å². The van der Waals surface area contributed by atoms with Crippen molar-refractivity contribution in [2.24, 2.45) is 0 Å². The number of amides is 1. The summed E-state index contributed by atoms with van der Waals surface area (Å²) in [6.45, 7) is 1.92. The molecule has 0 aliphatic rings. The third-order valence-electron chi connectivity index (χ3n) is 2.95. The summed E-state index contributed by atoms with van der Waals surface area (Å²) in [5, 5.41) is 11.8. The fraction of sp³-hybridized carbons (Fsp3) is 0.125. The second-order valence-corrected chi connectivity index (χ2v) is 5.36. The van der Waals surface area contributed by atoms with Crippen LogP contribution in [0.3, 0.4) is 0 Å². The molecule has 0 aliphatic heterocycles. The summed E-state index contributed by atoms with van der Waals surface area (Å²) >= 11 is 3.41. The predicted octanol–water partition coefficient (Wildman–Crippen LogP) is 3.81. The van der Waals surface area contributed by atoms with Crippen molar-refractivity contribution in [2.75, 3.05) is 0 Å². The first kappa shape index (κ1) is 14.3. The van der Waals surface area contributed by atoms with Crippen LogP contribution in [-0.4, -0.2) is 5.91 Å². The van der Waals surface area contributed by atoms with Gasteiger partial charge in [-0.1, -0.05) is 34.1 Å². The van der Waals surface area contributed by atoms with E-state index in [0.717, 1.165) is 10.0 Å². The summed E-state index contributed by atoms with van der Waals surface area (Å²) in [6, 6.07) is 16.4. The molecule has 0 bridgehead atoms. The summed E-state index contributed by atoms with van der Waals surface area (Å²) in [6.07, 6.45) is 0. The van der Waals surface area contributed by atoms with Crippen molar-refractivity contribution < 1.29 is 4.79 Å². The Morgan fingerprint density at radius 3 is 2.70 bits per heavy atom. The maximum Gasteiger partial charge on any atom is 0.251 e. The van der Waals surface area contributed by atoms with Gasteiger partial charge in [0.15, 0.2) is 0 Å². The molecular weight excluding hydrogens is 316 g/mol. The van der Waals surface area contributed by atoms with Gasteiger partial charge in [0, 0.05) is 10.0 Å². The maximum absolute atomic E-state index is 12.1. The summed E-state index contributed by atoms with van der Waals surface area (Å²) in [5.41, 5.74) is 1.99. The van der Waals surface area contributed by atoms with Crippen LogP contribution < -0.4 is 5.32 Å². The van der Waals surface area contributed by atoms with Crippen LogP contribution >= 0.6 is 15.9 Å². The number of carbonyl (C=O) groups excluding carboxylic acids is 1. The van der Waals surface area contributed by atoms with Crippen molar-refractivity contribution in [3.8, 4) is 6.07 Å². The number of carbonyl (C=O) groups is 1. The molecule has 0 spiro atoms. The molecule has 20 heavy (non-hydrogen) atoms. The number of nitriles is 1. The van der Waals surface area contributed by atoms with E-state index in [1.807, 2.05) is 37.3 Å². The van der Waals surface area contributed by atoms with E-state index in [1.165, 1.54) is 0 Å². The van der Waals surface area contributed by atoms with Gasteiger partial charge in [-0.25, -0.2) is 0 Å². The second kappa shape index (κ2) is 6.36. The number of halogens is 1. The van der Waals surface area contributed by atoms with Gasteiger partial charge in [0.25, 0.3) is 5.91 Å². The van der Waals surface area contributed by atoms with Gasteiger partial charge in [0.2, 0.25) is 0 Å². The molecule has 1 amide bonds. The monoisotopic (exact) mass is 328 g/mol. The Morgan fingerprint density at radius 1 is 1.25 bits per heavy atom. The zero-order valence-electron chi connectivity index (χ0n) is 10.9. The highest BCUT2D eigenvalue weighted by Gasteiger charge is 2.12. The first-order valence-corrected chi connectivity index (χ1v) is 6.96. The van der Waals surface area contributed by atoms with E-state index < -0.39 is 0 Å². The van der Waals surface area contributed by atoms with E-state index in [2.05, 4.69) is 21.2 Å². The lowest BCUT2D eigenvalue weighted by molar-refractivity contribution is 0.0940. The molecule has 100 valence electrons. The van der Waals surface area contributed by atoms with E-state index >= 15 is 0 Å². The Balaban J connectivity index is 2.13. The molecular formula is C16H13BrN2O. The van der Waals surface area contributed by atoms with Crippen LogP contribution in [0.1, 0.15) is 34.5 Å². The molecule has 0 fully saturated rings. The minimum Gasteiger partial charge on any atom is -0.346 e. The van der Waals surface area contributed by atoms with Gasteiger partial charge >= 0.3 is 0 Å². The van der Waals surface area contributed by atoms with Crippen molar-refractivity contribution in [3.05, 3.63) is 69.7 Å². The van der Waals surface area contributed by atoms with Crippen LogP contribution in [0.4, 0.5) is 0 Å². The molecule has 0 aliphatic carbocycles. The number of nitrogens with zero attached hydrogens (tertiary/aromatic N) is 1. The number of hydrogen-bond donors (Lipinski definition) is 1. The van der Waals surface area contributed by atoms with Crippen molar-refractivity contribution in [1.82, 2.24) is 5.32 Å². The van der Waals surface area contributed by atoms with Gasteiger partial charge in [-0.15, -0.1) is 0 Å². The van der Waals surface area contributed by atoms with Crippen molar-refractivity contribution in [2.45, 2.75) is 13.0 Å². The van der Waals surface area contributed by atoms with Crippen LogP contribution in [0, 0.1) is 11.3 Å².